The lowest BCUT2D eigenvalue weighted by molar-refractivity contribution is -0.671. The number of hydrogen-bond donors (Lipinski definition) is 1. The van der Waals surface area contributed by atoms with E-state index in [1.165, 1.54) is 7.11 Å². The first-order valence-electron chi connectivity index (χ1n) is 18.3. The van der Waals surface area contributed by atoms with Crippen LogP contribution in [-0.4, -0.2) is 76.9 Å². The maximum absolute atomic E-state index is 13.8. The molecule has 1 N–H and O–H groups in total. The number of carbonyl (C=O) groups is 3. The molecule has 4 bridgehead atoms. The average molecular weight is 714 g/mol. The van der Waals surface area contributed by atoms with Gasteiger partial charge in [-0.25, -0.2) is 23.5 Å². The summed E-state index contributed by atoms with van der Waals surface area (Å²) < 4.78 is 35.1. The van der Waals surface area contributed by atoms with Crippen molar-refractivity contribution in [3.05, 3.63) is 102 Å². The van der Waals surface area contributed by atoms with Crippen molar-refractivity contribution in [1.29, 1.82) is 0 Å². The van der Waals surface area contributed by atoms with E-state index in [0.29, 0.717) is 24.1 Å². The number of hydrogen-bond acceptors (Lipinski definition) is 9. The number of allylic oxidation sites excluding steroid dienone is 3. The number of aryl methyl sites for hydroxylation is 1. The molecule has 11 nitrogen and oxygen atoms in total. The van der Waals surface area contributed by atoms with Crippen LogP contribution >= 0.6 is 0 Å². The van der Waals surface area contributed by atoms with Crippen molar-refractivity contribution >= 4 is 17.9 Å². The second-order valence-electron chi connectivity index (χ2n) is 15.1. The summed E-state index contributed by atoms with van der Waals surface area (Å²) in [4.78, 5) is 40.8. The zero-order valence-corrected chi connectivity index (χ0v) is 30.6. The number of methoxy groups -OCH3 is 1. The summed E-state index contributed by atoms with van der Waals surface area (Å²) in [5.41, 5.74) is 1.66. The van der Waals surface area contributed by atoms with E-state index in [-0.39, 0.29) is 24.2 Å². The van der Waals surface area contributed by atoms with Gasteiger partial charge in [0, 0.05) is 47.8 Å². The molecule has 1 aromatic carbocycles. The summed E-state index contributed by atoms with van der Waals surface area (Å²) in [6.07, 6.45) is 13.5. The molecule has 11 heteroatoms. The van der Waals surface area contributed by atoms with Crippen molar-refractivity contribution in [1.82, 2.24) is 4.57 Å². The Hall–Kier alpha value is -4.32. The van der Waals surface area contributed by atoms with Crippen molar-refractivity contribution in [3.8, 4) is 0 Å². The standard InChI is InChI=1S/C41H49N2O9/c1-23-19-24(2)41-29(15-16-31-33(41)34(44)25(3)36(37(31)52-41)51-38(45)27-11-7-8-12-27)20-32(48-6)40(47)50-35(23)26(4)49-39(46)30-14-10-9-13-28(30)21-43-18-17-42(5)22-43/h7-11,13-19,22-23,25-26,29,31-37,44H,12,20-21H2,1-6H3/q+1/b24-19+/t23-,25-,26-,29?,31-,32+,33+,34-,35+,36-,37-,41+/m1/s1. The third-order valence-electron chi connectivity index (χ3n) is 11.8. The molecule has 12 atom stereocenters. The predicted octanol–water partition coefficient (Wildman–Crippen LogP) is 4.18. The Morgan fingerprint density at radius 1 is 1.17 bits per heavy atom. The number of aromatic nitrogens is 2. The van der Waals surface area contributed by atoms with E-state index in [1.807, 2.05) is 86.0 Å². The number of benzene rings is 1. The number of nitrogens with zero attached hydrogens (tertiary/aromatic N) is 2. The zero-order chi connectivity index (χ0) is 36.9. The topological polar surface area (TPSA) is 126 Å². The number of rotatable bonds is 8. The average Bonchev–Trinajstić information content (AvgIpc) is 3.85. The van der Waals surface area contributed by atoms with Crippen LogP contribution in [0.3, 0.4) is 0 Å². The monoisotopic (exact) mass is 713 g/mol. The second-order valence-corrected chi connectivity index (χ2v) is 15.1. The van der Waals surface area contributed by atoms with E-state index in [2.05, 4.69) is 12.2 Å². The van der Waals surface area contributed by atoms with Crippen molar-refractivity contribution < 1.29 is 47.7 Å². The van der Waals surface area contributed by atoms with Crippen LogP contribution in [0.2, 0.25) is 0 Å². The molecule has 1 aromatic heterocycles. The molecule has 7 rings (SSSR count). The van der Waals surface area contributed by atoms with E-state index in [1.54, 1.807) is 25.1 Å². The third-order valence-corrected chi connectivity index (χ3v) is 11.8. The van der Waals surface area contributed by atoms with Gasteiger partial charge in [0.05, 0.1) is 18.7 Å². The highest BCUT2D eigenvalue weighted by Gasteiger charge is 2.69. The van der Waals surface area contributed by atoms with Crippen LogP contribution in [0, 0.1) is 29.6 Å². The maximum atomic E-state index is 13.8. The number of carbonyl (C=O) groups excluding carboxylic acids is 3. The smallest absolute Gasteiger partial charge is 0.338 e. The van der Waals surface area contributed by atoms with Gasteiger partial charge in [-0.1, -0.05) is 68.5 Å². The van der Waals surface area contributed by atoms with Crippen LogP contribution in [0.25, 0.3) is 0 Å². The van der Waals surface area contributed by atoms with E-state index < -0.39 is 72.0 Å². The minimum absolute atomic E-state index is 0.213. The molecule has 1 saturated heterocycles. The Kier molecular flexibility index (Phi) is 9.88. The Balaban J connectivity index is 1.18. The van der Waals surface area contributed by atoms with Gasteiger partial charge in [0.1, 0.15) is 49.0 Å². The molecule has 2 aromatic rings. The molecule has 1 spiro atoms. The van der Waals surface area contributed by atoms with Gasteiger partial charge in [-0.05, 0) is 38.3 Å². The number of aliphatic hydroxyl groups is 1. The van der Waals surface area contributed by atoms with Gasteiger partial charge in [0.25, 0.3) is 0 Å². The quantitative estimate of drug-likeness (QED) is 0.186. The Bertz CT molecular complexity index is 1840. The SMILES string of the molecule is CO[C@H]1CC2C=C[C@H]3[C@H]4O[C@]2(/C(C)=C/[C@@H](C)[C@@H]([C@@H](C)OC(=O)c2ccccc2Cn2cc[n+](C)c2)OC1=O)[C@@H]3[C@H](O)[C@@H](C)[C@H]4OC(=O)C1=CC=CC1. The normalized spacial score (nSPS) is 36.6. The lowest BCUT2D eigenvalue weighted by atomic mass is 9.57. The molecule has 1 unspecified atom stereocenters. The lowest BCUT2D eigenvalue weighted by Gasteiger charge is -2.49. The summed E-state index contributed by atoms with van der Waals surface area (Å²) in [5.74, 6) is -3.22. The van der Waals surface area contributed by atoms with Gasteiger partial charge < -0.3 is 28.8 Å². The van der Waals surface area contributed by atoms with E-state index in [0.717, 1.165) is 11.1 Å². The van der Waals surface area contributed by atoms with Crippen molar-refractivity contribution in [2.45, 2.75) is 89.3 Å². The molecule has 0 radical (unpaired) electrons. The molecular formula is C41H49N2O9+. The van der Waals surface area contributed by atoms with Gasteiger partial charge in [0.2, 0.25) is 6.33 Å². The Labute approximate surface area is 304 Å². The van der Waals surface area contributed by atoms with E-state index in [9.17, 15) is 19.5 Å². The number of imidazole rings is 1. The molecule has 3 aliphatic carbocycles. The van der Waals surface area contributed by atoms with Gasteiger partial charge in [-0.3, -0.25) is 0 Å². The van der Waals surface area contributed by atoms with Gasteiger partial charge in [0.15, 0.2) is 6.10 Å². The molecule has 0 amide bonds. The molecule has 276 valence electrons. The first kappa shape index (κ1) is 36.1. The fourth-order valence-corrected chi connectivity index (χ4v) is 9.23. The first-order valence-corrected chi connectivity index (χ1v) is 18.3. The van der Waals surface area contributed by atoms with Crippen molar-refractivity contribution in [2.24, 2.45) is 36.6 Å². The fourth-order valence-electron chi connectivity index (χ4n) is 9.23. The minimum Gasteiger partial charge on any atom is -0.456 e. The summed E-state index contributed by atoms with van der Waals surface area (Å²) in [6.45, 7) is 8.03. The van der Waals surface area contributed by atoms with Crippen LogP contribution < -0.4 is 4.57 Å². The molecule has 2 aliphatic heterocycles. The van der Waals surface area contributed by atoms with Crippen molar-refractivity contribution in [3.63, 3.8) is 0 Å². The largest absolute Gasteiger partial charge is 0.456 e. The van der Waals surface area contributed by atoms with Crippen molar-refractivity contribution in [2.75, 3.05) is 7.11 Å². The van der Waals surface area contributed by atoms with Gasteiger partial charge in [-0.2, -0.15) is 0 Å². The molecule has 2 fully saturated rings. The van der Waals surface area contributed by atoms with E-state index >= 15 is 0 Å². The molecule has 3 heterocycles. The molecular weight excluding hydrogens is 664 g/mol. The summed E-state index contributed by atoms with van der Waals surface area (Å²) in [7, 11) is 3.40. The van der Waals surface area contributed by atoms with Crippen LogP contribution in [0.4, 0.5) is 0 Å². The maximum Gasteiger partial charge on any atom is 0.338 e. The highest BCUT2D eigenvalue weighted by Crippen LogP contribution is 2.61. The molecule has 52 heavy (non-hydrogen) atoms. The van der Waals surface area contributed by atoms with Crippen LogP contribution in [0.5, 0.6) is 0 Å². The number of ether oxygens (including phenoxy) is 5. The minimum atomic E-state index is -1.01. The summed E-state index contributed by atoms with van der Waals surface area (Å²) in [6, 6.07) is 7.31. The Morgan fingerprint density at radius 2 is 1.96 bits per heavy atom. The third kappa shape index (κ3) is 6.26. The molecule has 5 aliphatic rings. The van der Waals surface area contributed by atoms with Crippen LogP contribution in [0.1, 0.15) is 56.5 Å². The number of aliphatic hydroxyl groups excluding tert-OH is 1. The lowest BCUT2D eigenvalue weighted by Crippen LogP contribution is -2.57. The van der Waals surface area contributed by atoms with Crippen LogP contribution in [-0.2, 0) is 46.9 Å². The second kappa shape index (κ2) is 14.2. The van der Waals surface area contributed by atoms with Gasteiger partial charge in [-0.15, -0.1) is 0 Å². The first-order chi connectivity index (χ1) is 24.9. The predicted molar refractivity (Wildman–Crippen MR) is 188 cm³/mol. The number of esters is 3. The fraction of sp³-hybridized carbons (Fsp3) is 0.512. The molecule has 1 saturated carbocycles. The summed E-state index contributed by atoms with van der Waals surface area (Å²) >= 11 is 0. The van der Waals surface area contributed by atoms with E-state index in [4.69, 9.17) is 23.7 Å². The highest BCUT2D eigenvalue weighted by atomic mass is 16.6. The highest BCUT2D eigenvalue weighted by molar-refractivity contribution is 5.91. The van der Waals surface area contributed by atoms with Crippen LogP contribution in [0.15, 0.2) is 90.6 Å². The number of cyclic esters (lactones) is 1. The Morgan fingerprint density at radius 3 is 2.67 bits per heavy atom. The summed E-state index contributed by atoms with van der Waals surface area (Å²) in [5, 5.41) is 12.0. The van der Waals surface area contributed by atoms with Gasteiger partial charge >= 0.3 is 17.9 Å². The zero-order valence-electron chi connectivity index (χ0n) is 30.6.